The molecule has 0 spiro atoms. The first-order valence-corrected chi connectivity index (χ1v) is 11.4. The maximum atomic E-state index is 13.1. The van der Waals surface area contributed by atoms with Crippen LogP contribution in [0.3, 0.4) is 0 Å². The minimum absolute atomic E-state index is 0.178. The van der Waals surface area contributed by atoms with Crippen molar-refractivity contribution in [3.63, 3.8) is 0 Å². The van der Waals surface area contributed by atoms with Crippen LogP contribution in [0.5, 0.6) is 5.75 Å². The van der Waals surface area contributed by atoms with E-state index in [2.05, 4.69) is 5.32 Å². The average Bonchev–Trinajstić information content (AvgIpc) is 2.79. The highest BCUT2D eigenvalue weighted by molar-refractivity contribution is 7.89. The van der Waals surface area contributed by atoms with Crippen molar-refractivity contribution < 1.29 is 22.7 Å². The summed E-state index contributed by atoms with van der Waals surface area (Å²) >= 11 is 0. The Morgan fingerprint density at radius 3 is 2.39 bits per heavy atom. The molecule has 1 N–H and O–H groups in total. The van der Waals surface area contributed by atoms with Gasteiger partial charge in [-0.3, -0.25) is 4.79 Å². The van der Waals surface area contributed by atoms with E-state index in [1.165, 1.54) is 17.5 Å². The molecule has 0 unspecified atom stereocenters. The predicted octanol–water partition coefficient (Wildman–Crippen LogP) is 3.43. The van der Waals surface area contributed by atoms with Crippen molar-refractivity contribution in [3.8, 4) is 5.75 Å². The van der Waals surface area contributed by atoms with Crippen LogP contribution < -0.4 is 10.1 Å². The van der Waals surface area contributed by atoms with Crippen LogP contribution >= 0.6 is 0 Å². The van der Waals surface area contributed by atoms with Crippen LogP contribution in [-0.2, 0) is 14.8 Å². The number of benzene rings is 3. The van der Waals surface area contributed by atoms with Crippen molar-refractivity contribution >= 4 is 32.4 Å². The van der Waals surface area contributed by atoms with Gasteiger partial charge in [0.1, 0.15) is 5.75 Å². The van der Waals surface area contributed by atoms with Crippen LogP contribution in [0.1, 0.15) is 15.9 Å². The summed E-state index contributed by atoms with van der Waals surface area (Å²) in [4.78, 5) is 13.2. The quantitative estimate of drug-likeness (QED) is 0.657. The van der Waals surface area contributed by atoms with E-state index in [1.54, 1.807) is 25.1 Å². The molecule has 1 amide bonds. The molecule has 162 valence electrons. The second-order valence-corrected chi connectivity index (χ2v) is 9.26. The Hall–Kier alpha value is -2.94. The number of hydrogen-bond acceptors (Lipinski definition) is 5. The number of nitrogens with one attached hydrogen (secondary N) is 1. The molecule has 7 nitrogen and oxygen atoms in total. The van der Waals surface area contributed by atoms with Gasteiger partial charge < -0.3 is 14.8 Å². The molecule has 31 heavy (non-hydrogen) atoms. The summed E-state index contributed by atoms with van der Waals surface area (Å²) in [5, 5.41) is 4.69. The van der Waals surface area contributed by atoms with Gasteiger partial charge in [-0.25, -0.2) is 8.42 Å². The third-order valence-electron chi connectivity index (χ3n) is 5.35. The lowest BCUT2D eigenvalue weighted by Gasteiger charge is -2.26. The Balaban J connectivity index is 1.65. The maximum Gasteiger partial charge on any atom is 0.259 e. The molecular formula is C23H24N2O5S. The molecule has 1 aliphatic rings. The van der Waals surface area contributed by atoms with E-state index in [0.29, 0.717) is 48.9 Å². The molecule has 3 aromatic carbocycles. The number of anilines is 1. The second-order valence-electron chi connectivity index (χ2n) is 7.35. The maximum absolute atomic E-state index is 13.1. The third-order valence-corrected chi connectivity index (χ3v) is 7.39. The molecule has 0 bridgehead atoms. The number of aryl methyl sites for hydroxylation is 1. The number of morpholine rings is 1. The standard InChI is InChI=1S/C23H24N2O5S/c1-16-7-8-19(15-22(16)31(27,28)25-9-11-30-12-10-25)24-23(26)20-13-17-5-3-4-6-18(17)14-21(20)29-2/h3-8,13-15H,9-12H2,1-2H3,(H,24,26). The summed E-state index contributed by atoms with van der Waals surface area (Å²) in [6, 6.07) is 16.2. The van der Waals surface area contributed by atoms with E-state index < -0.39 is 10.0 Å². The molecule has 0 atom stereocenters. The van der Waals surface area contributed by atoms with E-state index in [4.69, 9.17) is 9.47 Å². The normalized spacial score (nSPS) is 15.0. The summed E-state index contributed by atoms with van der Waals surface area (Å²) in [6.07, 6.45) is 0. The highest BCUT2D eigenvalue weighted by Gasteiger charge is 2.28. The lowest BCUT2D eigenvalue weighted by Crippen LogP contribution is -2.40. The van der Waals surface area contributed by atoms with Gasteiger partial charge in [-0.1, -0.05) is 30.3 Å². The largest absolute Gasteiger partial charge is 0.496 e. The number of hydrogen-bond donors (Lipinski definition) is 1. The Morgan fingerprint density at radius 1 is 1.03 bits per heavy atom. The molecule has 0 aromatic heterocycles. The van der Waals surface area contributed by atoms with Crippen LogP contribution in [-0.4, -0.2) is 52.0 Å². The zero-order chi connectivity index (χ0) is 22.0. The Bertz CT molecular complexity index is 1230. The number of nitrogens with zero attached hydrogens (tertiary/aromatic N) is 1. The first kappa shape index (κ1) is 21.3. The lowest BCUT2D eigenvalue weighted by atomic mass is 10.1. The van der Waals surface area contributed by atoms with E-state index in [0.717, 1.165) is 10.8 Å². The number of rotatable bonds is 5. The van der Waals surface area contributed by atoms with Gasteiger partial charge in [-0.15, -0.1) is 0 Å². The molecule has 0 radical (unpaired) electrons. The van der Waals surface area contributed by atoms with E-state index in [-0.39, 0.29) is 10.8 Å². The highest BCUT2D eigenvalue weighted by atomic mass is 32.2. The molecule has 0 saturated carbocycles. The lowest BCUT2D eigenvalue weighted by molar-refractivity contribution is 0.0730. The summed E-state index contributed by atoms with van der Waals surface area (Å²) in [5.41, 5.74) is 1.39. The Kier molecular flexibility index (Phi) is 5.95. The topological polar surface area (TPSA) is 84.9 Å². The number of amides is 1. The third kappa shape index (κ3) is 4.27. The number of carbonyl (C=O) groups excluding carboxylic acids is 1. The number of sulfonamides is 1. The number of carbonyl (C=O) groups is 1. The van der Waals surface area contributed by atoms with Crippen molar-refractivity contribution in [2.24, 2.45) is 0 Å². The minimum Gasteiger partial charge on any atom is -0.496 e. The van der Waals surface area contributed by atoms with Gasteiger partial charge in [0.15, 0.2) is 0 Å². The van der Waals surface area contributed by atoms with Crippen molar-refractivity contribution in [1.82, 2.24) is 4.31 Å². The number of methoxy groups -OCH3 is 1. The molecule has 1 fully saturated rings. The summed E-state index contributed by atoms with van der Waals surface area (Å²) in [5.74, 6) is 0.0747. The fourth-order valence-corrected chi connectivity index (χ4v) is 5.30. The number of ether oxygens (including phenoxy) is 2. The van der Waals surface area contributed by atoms with Gasteiger partial charge >= 0.3 is 0 Å². The molecule has 3 aromatic rings. The van der Waals surface area contributed by atoms with E-state index >= 15 is 0 Å². The van der Waals surface area contributed by atoms with Crippen molar-refractivity contribution in [3.05, 3.63) is 65.7 Å². The second kappa shape index (κ2) is 8.66. The molecule has 8 heteroatoms. The van der Waals surface area contributed by atoms with Crippen molar-refractivity contribution in [2.75, 3.05) is 38.7 Å². The van der Waals surface area contributed by atoms with Crippen molar-refractivity contribution in [1.29, 1.82) is 0 Å². The van der Waals surface area contributed by atoms with E-state index in [1.807, 2.05) is 30.3 Å². The first-order valence-electron chi connectivity index (χ1n) is 9.97. The van der Waals surface area contributed by atoms with Crippen LogP contribution in [0, 0.1) is 6.92 Å². The molecular weight excluding hydrogens is 416 g/mol. The molecule has 4 rings (SSSR count). The van der Waals surface area contributed by atoms with Gasteiger partial charge in [0.25, 0.3) is 5.91 Å². The minimum atomic E-state index is -3.68. The SMILES string of the molecule is COc1cc2ccccc2cc1C(=O)Nc1ccc(C)c(S(=O)(=O)N2CCOCC2)c1. The van der Waals surface area contributed by atoms with Crippen LogP contribution in [0.4, 0.5) is 5.69 Å². The molecule has 0 aliphatic carbocycles. The smallest absolute Gasteiger partial charge is 0.259 e. The van der Waals surface area contributed by atoms with Gasteiger partial charge in [0.2, 0.25) is 10.0 Å². The van der Waals surface area contributed by atoms with Crippen LogP contribution in [0.25, 0.3) is 10.8 Å². The zero-order valence-electron chi connectivity index (χ0n) is 17.4. The van der Waals surface area contributed by atoms with E-state index in [9.17, 15) is 13.2 Å². The molecule has 1 saturated heterocycles. The molecule has 1 heterocycles. The molecule has 1 aliphatic heterocycles. The van der Waals surface area contributed by atoms with Gasteiger partial charge in [0.05, 0.1) is 30.8 Å². The van der Waals surface area contributed by atoms with Crippen LogP contribution in [0.2, 0.25) is 0 Å². The average molecular weight is 441 g/mol. The van der Waals surface area contributed by atoms with Gasteiger partial charge in [-0.05, 0) is 47.5 Å². The monoisotopic (exact) mass is 440 g/mol. The van der Waals surface area contributed by atoms with Gasteiger partial charge in [0, 0.05) is 18.8 Å². The van der Waals surface area contributed by atoms with Crippen LogP contribution in [0.15, 0.2) is 59.5 Å². The summed E-state index contributed by atoms with van der Waals surface area (Å²) in [6.45, 7) is 3.11. The Morgan fingerprint density at radius 2 is 1.71 bits per heavy atom. The first-order chi connectivity index (χ1) is 14.9. The van der Waals surface area contributed by atoms with Crippen molar-refractivity contribution in [2.45, 2.75) is 11.8 Å². The van der Waals surface area contributed by atoms with Gasteiger partial charge in [-0.2, -0.15) is 4.31 Å². The fourth-order valence-electron chi connectivity index (χ4n) is 3.65. The number of fused-ring (bicyclic) bond motifs is 1. The highest BCUT2D eigenvalue weighted by Crippen LogP contribution is 2.28. The summed E-state index contributed by atoms with van der Waals surface area (Å²) < 4.78 is 38.3. The zero-order valence-corrected chi connectivity index (χ0v) is 18.2. The predicted molar refractivity (Wildman–Crippen MR) is 119 cm³/mol. The fraction of sp³-hybridized carbons (Fsp3) is 0.261. The Labute approximate surface area is 181 Å². The summed E-state index contributed by atoms with van der Waals surface area (Å²) in [7, 11) is -2.17.